The lowest BCUT2D eigenvalue weighted by molar-refractivity contribution is 0.0823. The SMILES string of the molecule is C=N/C(=C\C(C)=C(/C)n1ncc(C(=O)c2cc3cc(OCC(F)F)c(N=C=O)cc3[nH]2)c1N)Oc1c(F)cccc1F. The molecule has 10 nitrogen and oxygen atoms in total. The lowest BCUT2D eigenvalue weighted by Gasteiger charge is -2.10. The monoisotopic (exact) mass is 582 g/mol. The lowest BCUT2D eigenvalue weighted by atomic mass is 10.1. The van der Waals surface area contributed by atoms with E-state index in [0.29, 0.717) is 22.2 Å². The van der Waals surface area contributed by atoms with Crippen molar-refractivity contribution in [3.05, 3.63) is 83.0 Å². The van der Waals surface area contributed by atoms with Crippen LogP contribution in [0.2, 0.25) is 0 Å². The number of hydrogen-bond donors (Lipinski definition) is 2. The Hall–Kier alpha value is -5.49. The van der Waals surface area contributed by atoms with E-state index in [4.69, 9.17) is 15.2 Å². The van der Waals surface area contributed by atoms with Crippen molar-refractivity contribution in [2.75, 3.05) is 12.3 Å². The molecular formula is C28H22F4N6O4. The summed E-state index contributed by atoms with van der Waals surface area (Å²) in [5, 5.41) is 4.61. The zero-order valence-electron chi connectivity index (χ0n) is 22.1. The van der Waals surface area contributed by atoms with Gasteiger partial charge in [-0.3, -0.25) is 4.79 Å². The van der Waals surface area contributed by atoms with Crippen LogP contribution in [0.25, 0.3) is 16.6 Å². The van der Waals surface area contributed by atoms with E-state index >= 15 is 0 Å². The molecule has 0 aliphatic rings. The Morgan fingerprint density at radius 3 is 2.60 bits per heavy atom. The molecule has 0 unspecified atom stereocenters. The van der Waals surface area contributed by atoms with E-state index in [1.807, 2.05) is 0 Å². The first-order valence-corrected chi connectivity index (χ1v) is 12.1. The van der Waals surface area contributed by atoms with E-state index in [9.17, 15) is 27.2 Å². The van der Waals surface area contributed by atoms with Crippen LogP contribution in [0.4, 0.5) is 29.1 Å². The quantitative estimate of drug-likeness (QED) is 0.0561. The van der Waals surface area contributed by atoms with Gasteiger partial charge in [-0.2, -0.15) is 10.1 Å². The first-order chi connectivity index (χ1) is 20.0. The number of carbonyl (C=O) groups excluding carboxylic acids is 2. The summed E-state index contributed by atoms with van der Waals surface area (Å²) in [5.74, 6) is -3.36. The zero-order chi connectivity index (χ0) is 30.6. The van der Waals surface area contributed by atoms with Crippen molar-refractivity contribution in [2.45, 2.75) is 20.3 Å². The van der Waals surface area contributed by atoms with Crippen molar-refractivity contribution in [1.82, 2.24) is 14.8 Å². The third-order valence-electron chi connectivity index (χ3n) is 6.04. The summed E-state index contributed by atoms with van der Waals surface area (Å²) < 4.78 is 64.9. The van der Waals surface area contributed by atoms with Gasteiger partial charge in [-0.15, -0.1) is 0 Å². The maximum absolute atomic E-state index is 14.0. The maximum atomic E-state index is 14.0. The minimum Gasteiger partial charge on any atom is -0.485 e. The topological polar surface area (TPSA) is 137 Å². The Labute approximate surface area is 235 Å². The second kappa shape index (κ2) is 12.4. The number of isocyanates is 1. The van der Waals surface area contributed by atoms with E-state index in [0.717, 1.165) is 12.1 Å². The molecule has 3 N–H and O–H groups in total. The third kappa shape index (κ3) is 6.13. The first-order valence-electron chi connectivity index (χ1n) is 12.1. The molecule has 4 aromatic rings. The summed E-state index contributed by atoms with van der Waals surface area (Å²) in [5.41, 5.74) is 7.58. The number of aliphatic imine (C=N–C) groups is 2. The number of anilines is 1. The van der Waals surface area contributed by atoms with Crippen LogP contribution in [0.5, 0.6) is 11.5 Å². The number of nitrogens with two attached hydrogens (primary N) is 1. The molecule has 2 aromatic heterocycles. The zero-order valence-corrected chi connectivity index (χ0v) is 22.1. The molecule has 42 heavy (non-hydrogen) atoms. The van der Waals surface area contributed by atoms with Gasteiger partial charge in [0, 0.05) is 22.7 Å². The number of para-hydroxylation sites is 1. The van der Waals surface area contributed by atoms with E-state index in [1.165, 1.54) is 47.3 Å². The van der Waals surface area contributed by atoms with Gasteiger partial charge in [-0.25, -0.2) is 32.0 Å². The molecule has 4 rings (SSSR count). The summed E-state index contributed by atoms with van der Waals surface area (Å²) in [6.07, 6.45) is 1.19. The molecule has 0 amide bonds. The molecule has 0 aliphatic heterocycles. The predicted molar refractivity (Wildman–Crippen MR) is 147 cm³/mol. The van der Waals surface area contributed by atoms with Crippen LogP contribution in [-0.2, 0) is 4.79 Å². The third-order valence-corrected chi connectivity index (χ3v) is 6.04. The number of carbonyl (C=O) groups is 1. The smallest absolute Gasteiger partial charge is 0.272 e. The molecule has 14 heteroatoms. The van der Waals surface area contributed by atoms with Crippen LogP contribution >= 0.6 is 0 Å². The molecular weight excluding hydrogens is 560 g/mol. The van der Waals surface area contributed by atoms with Crippen LogP contribution in [0.1, 0.15) is 29.9 Å². The van der Waals surface area contributed by atoms with Gasteiger partial charge < -0.3 is 20.2 Å². The Morgan fingerprint density at radius 2 is 1.95 bits per heavy atom. The Morgan fingerprint density at radius 1 is 1.24 bits per heavy atom. The number of ketones is 1. The summed E-state index contributed by atoms with van der Waals surface area (Å²) in [6.45, 7) is 5.71. The van der Waals surface area contributed by atoms with Gasteiger partial charge in [0.15, 0.2) is 11.6 Å². The highest BCUT2D eigenvalue weighted by Gasteiger charge is 2.21. The molecule has 0 aliphatic carbocycles. The Balaban J connectivity index is 1.64. The van der Waals surface area contributed by atoms with Gasteiger partial charge in [0.2, 0.25) is 23.5 Å². The van der Waals surface area contributed by atoms with E-state index in [-0.39, 0.29) is 34.4 Å². The number of alkyl halides is 2. The lowest BCUT2D eigenvalue weighted by Crippen LogP contribution is -2.08. The molecule has 0 saturated carbocycles. The molecule has 0 saturated heterocycles. The maximum Gasteiger partial charge on any atom is 0.272 e. The molecule has 2 heterocycles. The number of nitrogens with zero attached hydrogens (tertiary/aromatic N) is 4. The van der Waals surface area contributed by atoms with Crippen molar-refractivity contribution in [3.8, 4) is 11.5 Å². The highest BCUT2D eigenvalue weighted by atomic mass is 19.3. The fourth-order valence-corrected chi connectivity index (χ4v) is 3.87. The van der Waals surface area contributed by atoms with Crippen LogP contribution in [0.15, 0.2) is 70.1 Å². The van der Waals surface area contributed by atoms with Gasteiger partial charge in [-0.05, 0) is 56.5 Å². The number of ether oxygens (including phenoxy) is 2. The number of aromatic nitrogens is 3. The van der Waals surface area contributed by atoms with E-state index in [2.05, 4.69) is 26.8 Å². The molecule has 216 valence electrons. The van der Waals surface area contributed by atoms with Gasteiger partial charge in [0.1, 0.15) is 23.9 Å². The van der Waals surface area contributed by atoms with Crippen molar-refractivity contribution < 1.29 is 36.6 Å². The fraction of sp³-hybridized carbons (Fsp3) is 0.143. The molecule has 0 radical (unpaired) electrons. The number of nitrogens with one attached hydrogen (secondary N) is 1. The minimum absolute atomic E-state index is 0.0229. The highest BCUT2D eigenvalue weighted by Crippen LogP contribution is 2.34. The number of halogens is 4. The van der Waals surface area contributed by atoms with Gasteiger partial charge in [0.25, 0.3) is 6.43 Å². The van der Waals surface area contributed by atoms with Crippen LogP contribution in [0.3, 0.4) is 0 Å². The van der Waals surface area contributed by atoms with Crippen LogP contribution < -0.4 is 15.2 Å². The van der Waals surface area contributed by atoms with Gasteiger partial charge in [0.05, 0.1) is 17.5 Å². The summed E-state index contributed by atoms with van der Waals surface area (Å²) in [4.78, 5) is 34.1. The molecule has 2 aromatic carbocycles. The molecule has 0 fully saturated rings. The number of allylic oxidation sites excluding steroid dienone is 3. The van der Waals surface area contributed by atoms with Crippen molar-refractivity contribution in [3.63, 3.8) is 0 Å². The van der Waals surface area contributed by atoms with Crippen molar-refractivity contribution in [1.29, 1.82) is 0 Å². The fourth-order valence-electron chi connectivity index (χ4n) is 3.87. The number of hydrogen-bond acceptors (Lipinski definition) is 8. The summed E-state index contributed by atoms with van der Waals surface area (Å²) in [7, 11) is 0. The van der Waals surface area contributed by atoms with Gasteiger partial charge >= 0.3 is 0 Å². The van der Waals surface area contributed by atoms with Crippen molar-refractivity contribution in [2.24, 2.45) is 9.98 Å². The summed E-state index contributed by atoms with van der Waals surface area (Å²) in [6, 6.07) is 7.42. The largest absolute Gasteiger partial charge is 0.485 e. The first kappa shape index (κ1) is 29.5. The second-order valence-electron chi connectivity index (χ2n) is 8.74. The number of fused-ring (bicyclic) bond motifs is 1. The standard InChI is InChI=1S/C28H22F4N6O4/c1-14(7-25(34-3)42-27-18(29)5-4-6-19(27)30)15(2)38-28(33)17(11-36-38)26(40)22-8-16-9-23(41-12-24(31)32)21(35-13-39)10-20(16)37-22/h4-11,24,37H,3,12,33H2,1-2H3/b15-14+,25-7+. The number of H-pyrrole nitrogens is 1. The van der Waals surface area contributed by atoms with Crippen molar-refractivity contribution >= 4 is 46.7 Å². The summed E-state index contributed by atoms with van der Waals surface area (Å²) >= 11 is 0. The number of rotatable bonds is 11. The highest BCUT2D eigenvalue weighted by molar-refractivity contribution is 6.12. The minimum atomic E-state index is -2.75. The van der Waals surface area contributed by atoms with E-state index in [1.54, 1.807) is 13.8 Å². The van der Waals surface area contributed by atoms with E-state index < -0.39 is 36.2 Å². The average Bonchev–Trinajstić information content (AvgIpc) is 3.55. The molecule has 0 spiro atoms. The number of nitrogen functional groups attached to an aromatic ring is 1. The van der Waals surface area contributed by atoms with Crippen LogP contribution in [-0.4, -0.2) is 46.4 Å². The Kier molecular flexibility index (Phi) is 8.67. The Bertz CT molecular complexity index is 1780. The number of aromatic amines is 1. The average molecular weight is 583 g/mol. The molecule has 0 atom stereocenters. The predicted octanol–water partition coefficient (Wildman–Crippen LogP) is 5.94. The molecule has 0 bridgehead atoms. The normalized spacial score (nSPS) is 12.2. The van der Waals surface area contributed by atoms with Gasteiger partial charge in [-0.1, -0.05) is 6.07 Å². The second-order valence-corrected chi connectivity index (χ2v) is 8.74. The van der Waals surface area contributed by atoms with Crippen LogP contribution in [0, 0.1) is 11.6 Å². The number of benzene rings is 2.